The monoisotopic (exact) mass is 346 g/mol. The van der Waals surface area contributed by atoms with Crippen molar-refractivity contribution in [2.24, 2.45) is 11.8 Å². The Morgan fingerprint density at radius 2 is 1.96 bits per heavy atom. The molecule has 1 atom stereocenters. The molecule has 2 saturated carbocycles. The van der Waals surface area contributed by atoms with Crippen molar-refractivity contribution >= 4 is 23.4 Å². The Bertz CT molecular complexity index is 667. The minimum atomic E-state index is -0.245. The second-order valence-corrected chi connectivity index (χ2v) is 7.92. The normalized spacial score (nSPS) is 25.2. The van der Waals surface area contributed by atoms with Crippen LogP contribution in [0.25, 0.3) is 0 Å². The number of rotatable bonds is 4. The molecule has 1 heterocycles. The van der Waals surface area contributed by atoms with Gasteiger partial charge in [-0.15, -0.1) is 0 Å². The summed E-state index contributed by atoms with van der Waals surface area (Å²) in [6.07, 6.45) is 5.73. The maximum Gasteiger partial charge on any atom is 0.225 e. The summed E-state index contributed by atoms with van der Waals surface area (Å²) in [5.74, 6) is 0.482. The third kappa shape index (κ3) is 3.16. The van der Waals surface area contributed by atoms with Gasteiger partial charge in [0.1, 0.15) is 0 Å². The molecule has 0 radical (unpaired) electrons. The van der Waals surface area contributed by atoms with E-state index < -0.39 is 0 Å². The van der Waals surface area contributed by atoms with Gasteiger partial charge >= 0.3 is 0 Å². The molecular formula is C19H23ClN2O2. The van der Waals surface area contributed by atoms with E-state index in [0.717, 1.165) is 50.6 Å². The van der Waals surface area contributed by atoms with Gasteiger partial charge in [0.2, 0.25) is 11.8 Å². The van der Waals surface area contributed by atoms with Gasteiger partial charge in [-0.1, -0.05) is 23.7 Å². The van der Waals surface area contributed by atoms with Crippen LogP contribution in [-0.4, -0.2) is 29.8 Å². The van der Waals surface area contributed by atoms with Crippen molar-refractivity contribution in [3.63, 3.8) is 0 Å². The highest BCUT2D eigenvalue weighted by molar-refractivity contribution is 6.30. The van der Waals surface area contributed by atoms with Gasteiger partial charge in [-0.2, -0.15) is 0 Å². The number of benzene rings is 1. The second-order valence-electron chi connectivity index (χ2n) is 7.48. The molecule has 3 fully saturated rings. The summed E-state index contributed by atoms with van der Waals surface area (Å²) in [6.45, 7) is 1.38. The molecule has 1 aromatic carbocycles. The molecule has 4 nitrogen and oxygen atoms in total. The third-order valence-corrected chi connectivity index (χ3v) is 5.76. The van der Waals surface area contributed by atoms with Crippen molar-refractivity contribution in [3.05, 3.63) is 34.9 Å². The minimum absolute atomic E-state index is 0.0840. The number of nitrogens with zero attached hydrogens (tertiary/aromatic N) is 1. The van der Waals surface area contributed by atoms with Crippen molar-refractivity contribution in [1.82, 2.24) is 10.2 Å². The van der Waals surface area contributed by atoms with E-state index in [0.29, 0.717) is 11.6 Å². The van der Waals surface area contributed by atoms with Gasteiger partial charge in [0.05, 0.1) is 11.5 Å². The van der Waals surface area contributed by atoms with Crippen LogP contribution in [0.15, 0.2) is 24.3 Å². The molecule has 1 saturated heterocycles. The lowest BCUT2D eigenvalue weighted by Crippen LogP contribution is -2.48. The number of amides is 2. The lowest BCUT2D eigenvalue weighted by Gasteiger charge is -2.33. The number of hydrogen-bond donors (Lipinski definition) is 1. The van der Waals surface area contributed by atoms with Crippen LogP contribution in [-0.2, 0) is 15.1 Å². The molecule has 3 aliphatic rings. The predicted octanol–water partition coefficient (Wildman–Crippen LogP) is 3.09. The van der Waals surface area contributed by atoms with E-state index in [1.165, 1.54) is 0 Å². The molecule has 24 heavy (non-hydrogen) atoms. The number of likely N-dealkylation sites (tertiary alicyclic amines) is 1. The van der Waals surface area contributed by atoms with Crippen molar-refractivity contribution in [2.75, 3.05) is 13.1 Å². The van der Waals surface area contributed by atoms with Gasteiger partial charge in [0.15, 0.2) is 0 Å². The van der Waals surface area contributed by atoms with E-state index in [-0.39, 0.29) is 29.2 Å². The molecule has 1 aromatic rings. The first-order chi connectivity index (χ1) is 11.6. The molecule has 2 amide bonds. The minimum Gasteiger partial charge on any atom is -0.346 e. The first kappa shape index (κ1) is 15.9. The van der Waals surface area contributed by atoms with Crippen LogP contribution < -0.4 is 5.32 Å². The standard InChI is InChI=1S/C19H23ClN2O2/c20-16-5-1-4-15(11-16)19(8-9-19)21-17(23)14-3-2-10-22(12-14)18(24)13-6-7-13/h1,4-5,11,13-14H,2-3,6-10,12H2,(H,21,23)/t14-/m0/s1. The van der Waals surface area contributed by atoms with Crippen molar-refractivity contribution in [2.45, 2.75) is 44.1 Å². The smallest absolute Gasteiger partial charge is 0.225 e. The second kappa shape index (κ2) is 6.07. The van der Waals surface area contributed by atoms with Crippen LogP contribution in [0.5, 0.6) is 0 Å². The van der Waals surface area contributed by atoms with E-state index in [1.807, 2.05) is 29.2 Å². The zero-order valence-corrected chi connectivity index (χ0v) is 14.5. The summed E-state index contributed by atoms with van der Waals surface area (Å²) in [5.41, 5.74) is 0.843. The molecule has 0 aromatic heterocycles. The van der Waals surface area contributed by atoms with E-state index in [9.17, 15) is 9.59 Å². The van der Waals surface area contributed by atoms with Gasteiger partial charge in [-0.3, -0.25) is 9.59 Å². The van der Waals surface area contributed by atoms with Crippen molar-refractivity contribution in [3.8, 4) is 0 Å². The quantitative estimate of drug-likeness (QED) is 0.910. The highest BCUT2D eigenvalue weighted by atomic mass is 35.5. The van der Waals surface area contributed by atoms with Crippen LogP contribution in [0.3, 0.4) is 0 Å². The summed E-state index contributed by atoms with van der Waals surface area (Å²) < 4.78 is 0. The van der Waals surface area contributed by atoms with Gasteiger partial charge in [-0.05, 0) is 56.2 Å². The number of carbonyl (C=O) groups excluding carboxylic acids is 2. The fourth-order valence-corrected chi connectivity index (χ4v) is 3.90. The molecule has 0 unspecified atom stereocenters. The Morgan fingerprint density at radius 3 is 2.62 bits per heavy atom. The van der Waals surface area contributed by atoms with Crippen molar-refractivity contribution < 1.29 is 9.59 Å². The Morgan fingerprint density at radius 1 is 1.17 bits per heavy atom. The van der Waals surface area contributed by atoms with E-state index in [2.05, 4.69) is 5.32 Å². The number of halogens is 1. The number of nitrogens with one attached hydrogen (secondary N) is 1. The van der Waals surface area contributed by atoms with E-state index in [1.54, 1.807) is 0 Å². The van der Waals surface area contributed by atoms with Crippen LogP contribution >= 0.6 is 11.6 Å². The Kier molecular flexibility index (Phi) is 4.03. The Hall–Kier alpha value is -1.55. The maximum atomic E-state index is 12.8. The predicted molar refractivity (Wildman–Crippen MR) is 92.5 cm³/mol. The molecule has 2 aliphatic carbocycles. The summed E-state index contributed by atoms with van der Waals surface area (Å²) in [6, 6.07) is 7.76. The highest BCUT2D eigenvalue weighted by Gasteiger charge is 2.47. The van der Waals surface area contributed by atoms with Crippen molar-refractivity contribution in [1.29, 1.82) is 0 Å². The summed E-state index contributed by atoms with van der Waals surface area (Å²) in [5, 5.41) is 3.95. The zero-order chi connectivity index (χ0) is 16.7. The topological polar surface area (TPSA) is 49.4 Å². The molecule has 5 heteroatoms. The van der Waals surface area contributed by atoms with Gasteiger partial charge in [-0.25, -0.2) is 0 Å². The number of piperidine rings is 1. The van der Waals surface area contributed by atoms with E-state index >= 15 is 0 Å². The lowest BCUT2D eigenvalue weighted by molar-refractivity contribution is -0.137. The van der Waals surface area contributed by atoms with E-state index in [4.69, 9.17) is 11.6 Å². The van der Waals surface area contributed by atoms with Crippen LogP contribution in [0.1, 0.15) is 44.1 Å². The first-order valence-electron chi connectivity index (χ1n) is 8.94. The summed E-state index contributed by atoms with van der Waals surface area (Å²) in [4.78, 5) is 27.0. The maximum absolute atomic E-state index is 12.8. The molecule has 0 bridgehead atoms. The molecule has 128 valence electrons. The fourth-order valence-electron chi connectivity index (χ4n) is 3.71. The Labute approximate surface area is 147 Å². The van der Waals surface area contributed by atoms with Gasteiger partial charge in [0.25, 0.3) is 0 Å². The summed E-state index contributed by atoms with van der Waals surface area (Å²) >= 11 is 6.10. The lowest BCUT2D eigenvalue weighted by atomic mass is 9.95. The zero-order valence-electron chi connectivity index (χ0n) is 13.8. The number of hydrogen-bond acceptors (Lipinski definition) is 2. The highest BCUT2D eigenvalue weighted by Crippen LogP contribution is 2.46. The number of carbonyl (C=O) groups is 2. The molecule has 1 N–H and O–H groups in total. The molecular weight excluding hydrogens is 324 g/mol. The molecule has 1 aliphatic heterocycles. The summed E-state index contributed by atoms with van der Waals surface area (Å²) in [7, 11) is 0. The average Bonchev–Trinajstić information content (AvgIpc) is 3.49. The van der Waals surface area contributed by atoms with Crippen LogP contribution in [0.4, 0.5) is 0 Å². The van der Waals surface area contributed by atoms with Gasteiger partial charge < -0.3 is 10.2 Å². The average molecular weight is 347 g/mol. The molecule has 4 rings (SSSR count). The Balaban J connectivity index is 1.41. The van der Waals surface area contributed by atoms with Gasteiger partial charge in [0, 0.05) is 24.0 Å². The SMILES string of the molecule is O=C(NC1(c2cccc(Cl)c2)CC1)[C@H]1CCCN(C(=O)C2CC2)C1. The fraction of sp³-hybridized carbons (Fsp3) is 0.579. The van der Waals surface area contributed by atoms with Crippen LogP contribution in [0, 0.1) is 11.8 Å². The first-order valence-corrected chi connectivity index (χ1v) is 9.32. The molecule has 0 spiro atoms. The third-order valence-electron chi connectivity index (χ3n) is 5.52. The largest absolute Gasteiger partial charge is 0.346 e. The van der Waals surface area contributed by atoms with Crippen LogP contribution in [0.2, 0.25) is 5.02 Å².